The van der Waals surface area contributed by atoms with Gasteiger partial charge in [0.05, 0.1) is 12.0 Å². The van der Waals surface area contributed by atoms with Gasteiger partial charge in [0.1, 0.15) is 0 Å². The summed E-state index contributed by atoms with van der Waals surface area (Å²) in [6.45, 7) is 1.63. The number of esters is 1. The van der Waals surface area contributed by atoms with Gasteiger partial charge in [-0.2, -0.15) is 0 Å². The SMILES string of the molecule is C[C@@H](OC(=O)CC12C[C@@H]3C[C@@H](CC(O)(C3)C1)C2)C(=O)c1ccc(Br)cc1. The average molecular weight is 421 g/mol. The van der Waals surface area contributed by atoms with Crippen molar-refractivity contribution in [2.45, 2.75) is 63.6 Å². The van der Waals surface area contributed by atoms with Crippen LogP contribution in [0.15, 0.2) is 28.7 Å². The third-order valence-electron chi connectivity index (χ3n) is 6.48. The molecule has 0 saturated heterocycles. The number of hydrogen-bond donors (Lipinski definition) is 1. The standard InChI is InChI=1S/C21H25BrO4/c1-13(19(24)16-2-4-17(22)5-3-16)26-18(23)11-20-7-14-6-15(8-20)10-21(25,9-14)12-20/h2-5,13-15,25H,6-12H2,1H3/t13-,14-,15+,20?,21?/m1/s1. The van der Waals surface area contributed by atoms with Crippen LogP contribution in [0.1, 0.15) is 62.2 Å². The van der Waals surface area contributed by atoms with Gasteiger partial charge in [-0.05, 0) is 74.8 Å². The van der Waals surface area contributed by atoms with Crippen molar-refractivity contribution in [3.05, 3.63) is 34.3 Å². The van der Waals surface area contributed by atoms with E-state index in [-0.39, 0.29) is 17.2 Å². The zero-order valence-electron chi connectivity index (χ0n) is 15.0. The van der Waals surface area contributed by atoms with Crippen LogP contribution in [0.5, 0.6) is 0 Å². The van der Waals surface area contributed by atoms with Crippen molar-refractivity contribution in [1.29, 1.82) is 0 Å². The van der Waals surface area contributed by atoms with E-state index >= 15 is 0 Å². The van der Waals surface area contributed by atoms with E-state index in [2.05, 4.69) is 15.9 Å². The molecule has 4 saturated carbocycles. The van der Waals surface area contributed by atoms with E-state index in [4.69, 9.17) is 4.74 Å². The largest absolute Gasteiger partial charge is 0.454 e. The number of ether oxygens (including phenoxy) is 1. The van der Waals surface area contributed by atoms with Gasteiger partial charge < -0.3 is 9.84 Å². The van der Waals surface area contributed by atoms with E-state index in [1.54, 1.807) is 31.2 Å². The van der Waals surface area contributed by atoms with Crippen LogP contribution < -0.4 is 0 Å². The Morgan fingerprint density at radius 2 is 1.81 bits per heavy atom. The van der Waals surface area contributed by atoms with Crippen molar-refractivity contribution in [3.8, 4) is 0 Å². The molecule has 4 aliphatic rings. The number of aliphatic hydroxyl groups is 1. The first-order valence-corrected chi connectivity index (χ1v) is 10.3. The summed E-state index contributed by atoms with van der Waals surface area (Å²) >= 11 is 3.35. The predicted molar refractivity (Wildman–Crippen MR) is 101 cm³/mol. The summed E-state index contributed by atoms with van der Waals surface area (Å²) in [4.78, 5) is 25.0. The Kier molecular flexibility index (Phi) is 4.51. The summed E-state index contributed by atoms with van der Waals surface area (Å²) in [5.74, 6) is 0.579. The lowest BCUT2D eigenvalue weighted by Gasteiger charge is -2.60. The van der Waals surface area contributed by atoms with Gasteiger partial charge in [0.25, 0.3) is 0 Å². The molecule has 0 spiro atoms. The highest BCUT2D eigenvalue weighted by molar-refractivity contribution is 9.10. The van der Waals surface area contributed by atoms with Gasteiger partial charge in [-0.25, -0.2) is 0 Å². The van der Waals surface area contributed by atoms with E-state index in [1.165, 1.54) is 6.42 Å². The molecule has 4 bridgehead atoms. The molecule has 2 unspecified atom stereocenters. The Labute approximate surface area is 162 Å². The van der Waals surface area contributed by atoms with E-state index in [1.807, 2.05) is 0 Å². The van der Waals surface area contributed by atoms with Gasteiger partial charge in [0.2, 0.25) is 5.78 Å². The molecule has 0 amide bonds. The van der Waals surface area contributed by atoms with Crippen molar-refractivity contribution in [1.82, 2.24) is 0 Å². The minimum atomic E-state index is -0.791. The lowest BCUT2D eigenvalue weighted by atomic mass is 9.47. The third kappa shape index (κ3) is 3.48. The zero-order chi connectivity index (χ0) is 18.5. The highest BCUT2D eigenvalue weighted by Crippen LogP contribution is 2.62. The van der Waals surface area contributed by atoms with Crippen molar-refractivity contribution in [3.63, 3.8) is 0 Å². The van der Waals surface area contributed by atoms with Gasteiger partial charge in [-0.15, -0.1) is 0 Å². The smallest absolute Gasteiger partial charge is 0.307 e. The molecule has 0 aliphatic heterocycles. The molecule has 5 atom stereocenters. The number of carbonyl (C=O) groups is 2. The van der Waals surface area contributed by atoms with Crippen LogP contribution in [0.2, 0.25) is 0 Å². The number of ketones is 1. The number of carbonyl (C=O) groups excluding carboxylic acids is 2. The van der Waals surface area contributed by atoms with Crippen LogP contribution in [-0.4, -0.2) is 28.6 Å². The predicted octanol–water partition coefficient (Wildman–Crippen LogP) is 4.28. The summed E-state index contributed by atoms with van der Waals surface area (Å²) in [6.07, 6.45) is 5.22. The molecule has 5 rings (SSSR count). The number of benzene rings is 1. The normalized spacial score (nSPS) is 36.0. The van der Waals surface area contributed by atoms with Crippen molar-refractivity contribution < 1.29 is 19.4 Å². The third-order valence-corrected chi connectivity index (χ3v) is 7.01. The summed E-state index contributed by atoms with van der Waals surface area (Å²) in [6, 6.07) is 7.06. The first-order valence-electron chi connectivity index (χ1n) is 9.48. The van der Waals surface area contributed by atoms with E-state index in [9.17, 15) is 14.7 Å². The molecule has 4 aliphatic carbocycles. The molecule has 4 fully saturated rings. The van der Waals surface area contributed by atoms with E-state index in [0.717, 1.165) is 30.2 Å². The van der Waals surface area contributed by atoms with E-state index in [0.29, 0.717) is 30.2 Å². The van der Waals surface area contributed by atoms with E-state index < -0.39 is 11.7 Å². The molecule has 4 nitrogen and oxygen atoms in total. The van der Waals surface area contributed by atoms with Crippen LogP contribution in [0.3, 0.4) is 0 Å². The topological polar surface area (TPSA) is 63.6 Å². The minimum absolute atomic E-state index is 0.129. The lowest BCUT2D eigenvalue weighted by Crippen LogP contribution is -2.56. The average Bonchev–Trinajstić information content (AvgIpc) is 2.51. The van der Waals surface area contributed by atoms with Crippen molar-refractivity contribution >= 4 is 27.7 Å². The van der Waals surface area contributed by atoms with Gasteiger partial charge in [0, 0.05) is 10.0 Å². The fourth-order valence-electron chi connectivity index (χ4n) is 6.06. The molecule has 0 radical (unpaired) electrons. The monoisotopic (exact) mass is 420 g/mol. The number of rotatable bonds is 5. The summed E-state index contributed by atoms with van der Waals surface area (Å²) in [5, 5.41) is 10.8. The second kappa shape index (κ2) is 6.45. The second-order valence-electron chi connectivity index (χ2n) is 8.87. The fourth-order valence-corrected chi connectivity index (χ4v) is 6.32. The maximum absolute atomic E-state index is 12.6. The quantitative estimate of drug-likeness (QED) is 0.569. The number of hydrogen-bond acceptors (Lipinski definition) is 4. The van der Waals surface area contributed by atoms with Crippen molar-refractivity contribution in [2.24, 2.45) is 17.3 Å². The molecule has 0 aromatic heterocycles. The molecule has 140 valence electrons. The van der Waals surface area contributed by atoms with Crippen LogP contribution in [-0.2, 0) is 9.53 Å². The Morgan fingerprint density at radius 3 is 2.38 bits per heavy atom. The molecule has 5 heteroatoms. The fraction of sp³-hybridized carbons (Fsp3) is 0.619. The first-order chi connectivity index (χ1) is 12.3. The molecule has 0 heterocycles. The van der Waals surface area contributed by atoms with Crippen LogP contribution >= 0.6 is 15.9 Å². The highest BCUT2D eigenvalue weighted by atomic mass is 79.9. The number of Topliss-reactive ketones (excluding diaryl/α,β-unsaturated/α-hetero) is 1. The first kappa shape index (κ1) is 18.2. The molecule has 1 aromatic carbocycles. The molecular weight excluding hydrogens is 396 g/mol. The van der Waals surface area contributed by atoms with Crippen LogP contribution in [0.25, 0.3) is 0 Å². The van der Waals surface area contributed by atoms with Gasteiger partial charge in [-0.3, -0.25) is 9.59 Å². The maximum Gasteiger partial charge on any atom is 0.307 e. The minimum Gasteiger partial charge on any atom is -0.454 e. The molecule has 1 N–H and O–H groups in total. The maximum atomic E-state index is 12.6. The second-order valence-corrected chi connectivity index (χ2v) is 9.78. The molecular formula is C21H25BrO4. The zero-order valence-corrected chi connectivity index (χ0v) is 16.6. The molecule has 26 heavy (non-hydrogen) atoms. The Bertz CT molecular complexity index is 712. The Balaban J connectivity index is 1.39. The van der Waals surface area contributed by atoms with Crippen molar-refractivity contribution in [2.75, 3.05) is 0 Å². The van der Waals surface area contributed by atoms with Crippen LogP contribution in [0, 0.1) is 17.3 Å². The van der Waals surface area contributed by atoms with Gasteiger partial charge in [-0.1, -0.05) is 28.1 Å². The van der Waals surface area contributed by atoms with Gasteiger partial charge in [0.15, 0.2) is 6.10 Å². The number of halogens is 1. The van der Waals surface area contributed by atoms with Crippen LogP contribution in [0.4, 0.5) is 0 Å². The summed E-state index contributed by atoms with van der Waals surface area (Å²) in [7, 11) is 0. The lowest BCUT2D eigenvalue weighted by molar-refractivity contribution is -0.178. The highest BCUT2D eigenvalue weighted by Gasteiger charge is 2.57. The summed E-state index contributed by atoms with van der Waals surface area (Å²) in [5.41, 5.74) is -0.169. The Hall–Kier alpha value is -1.20. The summed E-state index contributed by atoms with van der Waals surface area (Å²) < 4.78 is 6.39. The molecule has 1 aromatic rings. The van der Waals surface area contributed by atoms with Gasteiger partial charge >= 0.3 is 5.97 Å². The Morgan fingerprint density at radius 1 is 1.19 bits per heavy atom.